The first-order valence-electron chi connectivity index (χ1n) is 36.7. The summed E-state index contributed by atoms with van der Waals surface area (Å²) < 4.78 is 8.62. The van der Waals surface area contributed by atoms with Crippen LogP contribution >= 0.6 is 0 Å². The van der Waals surface area contributed by atoms with Crippen molar-refractivity contribution in [3.63, 3.8) is 0 Å². The van der Waals surface area contributed by atoms with Gasteiger partial charge in [-0.1, -0.05) is 299 Å². The summed E-state index contributed by atoms with van der Waals surface area (Å²) in [6, 6.07) is 55.1. The van der Waals surface area contributed by atoms with Crippen LogP contribution in [0, 0.1) is 0 Å². The van der Waals surface area contributed by atoms with Crippen LogP contribution in [0.1, 0.15) is 198 Å². The van der Waals surface area contributed by atoms with Crippen LogP contribution in [0.2, 0.25) is 0 Å². The average molecular weight is 1390 g/mol. The smallest absolute Gasteiger partial charge is 0.183 e. The Morgan fingerprint density at radius 1 is 0.221 bits per heavy atom. The largest absolute Gasteiger partial charge is 0.291 e. The number of pyridine rings is 2. The van der Waals surface area contributed by atoms with Gasteiger partial charge < -0.3 is 0 Å². The second-order valence-corrected chi connectivity index (χ2v) is 20.6. The number of benzene rings is 6. The molecule has 12 bridgehead atoms. The van der Waals surface area contributed by atoms with Crippen LogP contribution in [-0.4, -0.2) is 74.9 Å². The highest BCUT2D eigenvalue weighted by Crippen LogP contribution is 2.42. The predicted octanol–water partition coefficient (Wildman–Crippen LogP) is 20.4. The zero-order valence-electron chi connectivity index (χ0n) is 62.8. The second-order valence-electron chi connectivity index (χ2n) is 20.6. The Hall–Kier alpha value is -11.7. The van der Waals surface area contributed by atoms with Gasteiger partial charge in [-0.25, -0.2) is 59.9 Å². The van der Waals surface area contributed by atoms with Crippen LogP contribution in [0.15, 0.2) is 242 Å². The van der Waals surface area contributed by atoms with E-state index in [0.29, 0.717) is 65.7 Å². The van der Waals surface area contributed by atoms with Crippen LogP contribution < -0.4 is 22.0 Å². The maximum atomic E-state index is 5.26. The molecule has 0 fully saturated rings. The Balaban J connectivity index is 0.000000232. The molecule has 20 rings (SSSR count). The molecule has 0 aliphatic carbocycles. The second kappa shape index (κ2) is 36.8. The normalized spacial score (nSPS) is 13.0. The summed E-state index contributed by atoms with van der Waals surface area (Å²) in [4.78, 5) is 70.0. The molecular weight excluding hydrogens is 1290 g/mol. The van der Waals surface area contributed by atoms with Crippen molar-refractivity contribution in [3.05, 3.63) is 249 Å². The number of aromatic nitrogens is 6. The average Bonchev–Trinajstić information content (AvgIpc) is 1.57. The molecular formula is C86H102N18. The van der Waals surface area contributed by atoms with Crippen molar-refractivity contribution in [2.75, 3.05) is 0 Å². The molecule has 0 atom stereocenters. The van der Waals surface area contributed by atoms with E-state index in [1.807, 2.05) is 254 Å². The van der Waals surface area contributed by atoms with E-state index >= 15 is 0 Å². The highest BCUT2D eigenvalue weighted by Gasteiger charge is 2.33. The fourth-order valence-corrected chi connectivity index (χ4v) is 12.5. The summed E-state index contributed by atoms with van der Waals surface area (Å²) in [5, 5.41) is 8.25. The molecule has 8 aliphatic rings. The summed E-state index contributed by atoms with van der Waals surface area (Å²) in [7, 11) is 0. The SMILES string of the molecule is C.C.CC.CC.CC.CC.CC.CC.CC.CC.CC.CC.c1ccc2c(c1)C1=NC2=NC2=NC(=Nc3c4ccccc4c4n3Cn3c(c5ccccc5c3=N4)=N1)c1cccnc12.c1ccc2c(c1)C1=NC3=NC(=Nc4c5ccccc5c5n4Cn4c(c6ccccc6c4=N5)=NC2=N1)c1ccncc13. The first-order chi connectivity index (χ1) is 50.6. The number of aliphatic imine (C=N–C) groups is 8. The minimum absolute atomic E-state index is 0. The van der Waals surface area contributed by atoms with Crippen LogP contribution in [0.5, 0.6) is 0 Å². The summed E-state index contributed by atoms with van der Waals surface area (Å²) in [5.41, 5.74) is 10.3. The van der Waals surface area contributed by atoms with Crippen molar-refractivity contribution < 1.29 is 0 Å². The molecule has 0 radical (unpaired) electrons. The molecule has 0 unspecified atom stereocenters. The van der Waals surface area contributed by atoms with Gasteiger partial charge in [-0.3, -0.25) is 28.2 Å². The standard InChI is InChI=1S/2C32H17N9.10C2H6.2CH4/c1-2-9-18-17(8-1)25-34-26(18)37-29-19-10-3-5-12-21(19)31-39-32-22-13-6-4-11-20(22)30(41(32)16-40(29)31)38-27-23-14-7-15-33-24(23)28(35-25)36-27;1-2-8-18-17(7-1)25-34-26(18)37-29-20-9-3-5-11-22(20)31-39-32-23-12-6-4-10-21(23)30(41(32)16-40(29)31)38-27-19-13-14-33-15-24(19)28(35-25)36-27;10*1-2;;/h2*1-15H,16H2;10*1-2H3;2*1H4. The van der Waals surface area contributed by atoms with Crippen LogP contribution in [0.25, 0.3) is 43.1 Å². The van der Waals surface area contributed by atoms with Crippen molar-refractivity contribution in [1.82, 2.24) is 28.2 Å². The van der Waals surface area contributed by atoms with E-state index in [1.165, 1.54) is 0 Å². The highest BCUT2D eigenvalue weighted by molar-refractivity contribution is 6.31. The number of hydrogen-bond acceptors (Lipinski definition) is 14. The molecule has 12 aromatic rings. The number of amidine groups is 8. The molecule has 6 aromatic carbocycles. The number of fused-ring (bicyclic) bond motifs is 28. The van der Waals surface area contributed by atoms with Gasteiger partial charge in [0.15, 0.2) is 46.7 Å². The molecule has 0 saturated carbocycles. The van der Waals surface area contributed by atoms with Gasteiger partial charge in [-0.2, -0.15) is 0 Å². The van der Waals surface area contributed by atoms with E-state index in [1.54, 1.807) is 18.6 Å². The third-order valence-electron chi connectivity index (χ3n) is 16.2. The van der Waals surface area contributed by atoms with Gasteiger partial charge in [0.05, 0.1) is 0 Å². The summed E-state index contributed by atoms with van der Waals surface area (Å²) >= 11 is 0. The van der Waals surface area contributed by atoms with Crippen LogP contribution in [0.3, 0.4) is 0 Å². The van der Waals surface area contributed by atoms with Gasteiger partial charge in [0.2, 0.25) is 0 Å². The maximum Gasteiger partial charge on any atom is 0.183 e. The van der Waals surface area contributed by atoms with Gasteiger partial charge in [0.1, 0.15) is 64.3 Å². The molecule has 8 aliphatic heterocycles. The van der Waals surface area contributed by atoms with E-state index < -0.39 is 0 Å². The maximum absolute atomic E-state index is 5.26. The molecule has 0 saturated heterocycles. The van der Waals surface area contributed by atoms with Crippen LogP contribution in [-0.2, 0) is 13.3 Å². The molecule has 18 heteroatoms. The number of rotatable bonds is 0. The monoisotopic (exact) mass is 1390 g/mol. The first kappa shape index (κ1) is 79.7. The summed E-state index contributed by atoms with van der Waals surface area (Å²) in [6.45, 7) is 41.0. The molecule has 14 heterocycles. The molecule has 6 aromatic heterocycles. The Kier molecular flexibility index (Phi) is 28.2. The van der Waals surface area contributed by atoms with Crippen molar-refractivity contribution in [2.45, 2.75) is 167 Å². The number of nitrogens with zero attached hydrogens (tertiary/aromatic N) is 18. The predicted molar refractivity (Wildman–Crippen MR) is 442 cm³/mol. The molecule has 0 amide bonds. The first-order valence-corrected chi connectivity index (χ1v) is 36.7. The Morgan fingerprint density at radius 2 is 0.481 bits per heavy atom. The van der Waals surface area contributed by atoms with Crippen LogP contribution in [0.4, 0.5) is 23.3 Å². The van der Waals surface area contributed by atoms with E-state index in [4.69, 9.17) is 59.9 Å². The topological polar surface area (TPSA) is 194 Å². The summed E-state index contributed by atoms with van der Waals surface area (Å²) in [6.07, 6.45) is 5.31. The van der Waals surface area contributed by atoms with Gasteiger partial charge >= 0.3 is 0 Å². The van der Waals surface area contributed by atoms with Gasteiger partial charge in [0, 0.05) is 101 Å². The molecule has 18 nitrogen and oxygen atoms in total. The third-order valence-corrected chi connectivity index (χ3v) is 16.2. The molecule has 0 N–H and O–H groups in total. The van der Waals surface area contributed by atoms with Gasteiger partial charge in [-0.05, 0) is 18.2 Å². The van der Waals surface area contributed by atoms with E-state index in [2.05, 4.69) is 76.8 Å². The lowest BCUT2D eigenvalue weighted by Gasteiger charge is -2.15. The Morgan fingerprint density at radius 3 is 0.856 bits per heavy atom. The lowest BCUT2D eigenvalue weighted by Crippen LogP contribution is -2.33. The zero-order valence-corrected chi connectivity index (χ0v) is 62.8. The fourth-order valence-electron chi connectivity index (χ4n) is 12.5. The summed E-state index contributed by atoms with van der Waals surface area (Å²) in [5.74, 6) is 7.86. The minimum Gasteiger partial charge on any atom is -0.291 e. The zero-order chi connectivity index (χ0) is 73.3. The van der Waals surface area contributed by atoms with E-state index in [-0.39, 0.29) is 14.9 Å². The molecule has 104 heavy (non-hydrogen) atoms. The lowest BCUT2D eigenvalue weighted by molar-refractivity contribution is 0.561. The van der Waals surface area contributed by atoms with Crippen molar-refractivity contribution in [3.8, 4) is 0 Å². The van der Waals surface area contributed by atoms with Crippen molar-refractivity contribution >= 4 is 113 Å². The minimum atomic E-state index is 0. The Bertz CT molecular complexity index is 5250. The van der Waals surface area contributed by atoms with E-state index in [9.17, 15) is 0 Å². The fraction of sp³-hybridized carbons (Fsp3) is 0.279. The third kappa shape index (κ3) is 13.8. The molecule has 0 spiro atoms. The quantitative estimate of drug-likeness (QED) is 0.146. The lowest BCUT2D eigenvalue weighted by atomic mass is 10.1. The Labute approximate surface area is 613 Å². The molecule has 536 valence electrons. The van der Waals surface area contributed by atoms with E-state index in [0.717, 1.165) is 127 Å². The van der Waals surface area contributed by atoms with Crippen molar-refractivity contribution in [2.24, 2.45) is 59.9 Å². The van der Waals surface area contributed by atoms with Gasteiger partial charge in [-0.15, -0.1) is 0 Å². The van der Waals surface area contributed by atoms with Crippen molar-refractivity contribution in [1.29, 1.82) is 0 Å². The highest BCUT2D eigenvalue weighted by atomic mass is 15.3. The van der Waals surface area contributed by atoms with Gasteiger partial charge in [0.25, 0.3) is 0 Å². The number of hydrogen-bond donors (Lipinski definition) is 0.